The molecule has 0 heterocycles. The minimum absolute atomic E-state index is 0.0620. The highest BCUT2D eigenvalue weighted by atomic mass is 35.5. The Hall–Kier alpha value is -3.39. The van der Waals surface area contributed by atoms with Gasteiger partial charge in [-0.3, -0.25) is 15.1 Å². The molecule has 9 heteroatoms. The van der Waals surface area contributed by atoms with Crippen molar-refractivity contribution in [2.75, 3.05) is 0 Å². The minimum atomic E-state index is -4.71. The van der Waals surface area contributed by atoms with E-state index in [2.05, 4.69) is 4.99 Å². The van der Waals surface area contributed by atoms with Crippen LogP contribution in [0.4, 0.5) is 24.5 Å². The summed E-state index contributed by atoms with van der Waals surface area (Å²) in [6, 6.07) is 14.2. The van der Waals surface area contributed by atoms with Gasteiger partial charge in [-0.2, -0.15) is 13.2 Å². The predicted octanol–water partition coefficient (Wildman–Crippen LogP) is 7.12. The lowest BCUT2D eigenvalue weighted by Gasteiger charge is -2.11. The number of nitro benzene ring substituents is 1. The van der Waals surface area contributed by atoms with Crippen molar-refractivity contribution >= 4 is 29.2 Å². The van der Waals surface area contributed by atoms with Gasteiger partial charge in [0.2, 0.25) is 5.75 Å². The molecule has 3 rings (SSSR count). The molecule has 3 aromatic carbocycles. The number of halogens is 4. The summed E-state index contributed by atoms with van der Waals surface area (Å²) in [6.45, 7) is 1.97. The largest absolute Gasteiger partial charge is 0.449 e. The van der Waals surface area contributed by atoms with Crippen molar-refractivity contribution in [2.24, 2.45) is 4.99 Å². The van der Waals surface area contributed by atoms with Gasteiger partial charge in [0, 0.05) is 12.3 Å². The van der Waals surface area contributed by atoms with Gasteiger partial charge in [-0.15, -0.1) is 0 Å². The van der Waals surface area contributed by atoms with Crippen LogP contribution in [-0.4, -0.2) is 11.1 Å². The molecule has 0 unspecified atom stereocenters. The zero-order valence-corrected chi connectivity index (χ0v) is 16.2. The maximum absolute atomic E-state index is 12.8. The van der Waals surface area contributed by atoms with Crippen LogP contribution >= 0.6 is 11.6 Å². The van der Waals surface area contributed by atoms with E-state index in [9.17, 15) is 23.3 Å². The van der Waals surface area contributed by atoms with Crippen molar-refractivity contribution in [1.29, 1.82) is 0 Å². The van der Waals surface area contributed by atoms with Crippen molar-refractivity contribution in [3.8, 4) is 11.5 Å². The fourth-order valence-electron chi connectivity index (χ4n) is 2.50. The zero-order chi connectivity index (χ0) is 21.9. The van der Waals surface area contributed by atoms with E-state index in [1.165, 1.54) is 12.1 Å². The first kappa shape index (κ1) is 21.3. The third-order valence-corrected chi connectivity index (χ3v) is 4.35. The zero-order valence-electron chi connectivity index (χ0n) is 15.5. The van der Waals surface area contributed by atoms with E-state index in [4.69, 9.17) is 16.3 Å². The summed E-state index contributed by atoms with van der Waals surface area (Å²) in [5.74, 6) is -0.289. The summed E-state index contributed by atoms with van der Waals surface area (Å²) in [6.07, 6.45) is -3.12. The number of aryl methyl sites for hydroxylation is 1. The molecule has 30 heavy (non-hydrogen) atoms. The van der Waals surface area contributed by atoms with E-state index >= 15 is 0 Å². The third kappa shape index (κ3) is 5.15. The highest BCUT2D eigenvalue weighted by Gasteiger charge is 2.33. The number of nitrogens with zero attached hydrogens (tertiary/aromatic N) is 2. The van der Waals surface area contributed by atoms with Gasteiger partial charge >= 0.3 is 11.9 Å². The molecule has 0 aliphatic rings. The smallest absolute Gasteiger partial charge is 0.416 e. The van der Waals surface area contributed by atoms with E-state index in [1.807, 2.05) is 31.2 Å². The molecule has 0 fully saturated rings. The number of nitro groups is 1. The van der Waals surface area contributed by atoms with E-state index < -0.39 is 22.4 Å². The molecule has 0 saturated heterocycles. The van der Waals surface area contributed by atoms with Gasteiger partial charge in [0.1, 0.15) is 5.75 Å². The molecule has 0 atom stereocenters. The molecule has 154 valence electrons. The summed E-state index contributed by atoms with van der Waals surface area (Å²) in [7, 11) is 0. The van der Waals surface area contributed by atoms with E-state index in [-0.39, 0.29) is 16.5 Å². The standard InChI is InChI=1S/C21H14ClF3N2O3/c1-13-2-6-16(7-3-13)26-12-14-4-8-19(17(22)10-14)30-20-9-5-15(21(23,24)25)11-18(20)27(28)29/h2-12H,1H3. The lowest BCUT2D eigenvalue weighted by Crippen LogP contribution is -2.06. The van der Waals surface area contributed by atoms with Crippen LogP contribution in [0, 0.1) is 17.0 Å². The predicted molar refractivity (Wildman–Crippen MR) is 108 cm³/mol. The van der Waals surface area contributed by atoms with Gasteiger partial charge in [-0.25, -0.2) is 0 Å². The molecule has 3 aromatic rings. The Labute approximate surface area is 174 Å². The first-order valence-electron chi connectivity index (χ1n) is 8.57. The van der Waals surface area contributed by atoms with Gasteiger partial charge in [-0.1, -0.05) is 29.3 Å². The summed E-state index contributed by atoms with van der Waals surface area (Å²) in [5.41, 5.74) is 0.546. The van der Waals surface area contributed by atoms with Crippen LogP contribution in [0.25, 0.3) is 0 Å². The summed E-state index contributed by atoms with van der Waals surface area (Å²) < 4.78 is 43.9. The highest BCUT2D eigenvalue weighted by molar-refractivity contribution is 6.32. The van der Waals surface area contributed by atoms with Gasteiger partial charge in [-0.05, 0) is 55.0 Å². The molecule has 0 saturated carbocycles. The topological polar surface area (TPSA) is 64.7 Å². The van der Waals surface area contributed by atoms with Crippen LogP contribution in [0.2, 0.25) is 5.02 Å². The molecule has 0 spiro atoms. The third-order valence-electron chi connectivity index (χ3n) is 4.06. The molecule has 0 aliphatic carbocycles. The Kier molecular flexibility index (Phi) is 6.07. The molecule has 0 aliphatic heterocycles. The Bertz CT molecular complexity index is 1110. The van der Waals surface area contributed by atoms with Gasteiger partial charge in [0.05, 0.1) is 21.2 Å². The Morgan fingerprint density at radius 1 is 1.03 bits per heavy atom. The monoisotopic (exact) mass is 434 g/mol. The number of hydrogen-bond donors (Lipinski definition) is 0. The van der Waals surface area contributed by atoms with E-state index in [1.54, 1.807) is 12.3 Å². The summed E-state index contributed by atoms with van der Waals surface area (Å²) in [5, 5.41) is 11.3. The van der Waals surface area contributed by atoms with Crippen molar-refractivity contribution in [3.63, 3.8) is 0 Å². The quantitative estimate of drug-likeness (QED) is 0.244. The summed E-state index contributed by atoms with van der Waals surface area (Å²) >= 11 is 6.18. The van der Waals surface area contributed by atoms with Crippen LogP contribution in [0.5, 0.6) is 11.5 Å². The highest BCUT2D eigenvalue weighted by Crippen LogP contribution is 2.39. The fraction of sp³-hybridized carbons (Fsp3) is 0.0952. The number of alkyl halides is 3. The molecule has 0 aromatic heterocycles. The van der Waals surface area contributed by atoms with Gasteiger partial charge < -0.3 is 4.74 Å². The average Bonchev–Trinajstić information content (AvgIpc) is 2.68. The molecule has 0 bridgehead atoms. The number of ether oxygens (including phenoxy) is 1. The van der Waals surface area contributed by atoms with Crippen LogP contribution in [-0.2, 0) is 6.18 Å². The van der Waals surface area contributed by atoms with Crippen LogP contribution < -0.4 is 4.74 Å². The normalized spacial score (nSPS) is 11.6. The van der Waals surface area contributed by atoms with Crippen molar-refractivity contribution in [1.82, 2.24) is 0 Å². The number of benzene rings is 3. The van der Waals surface area contributed by atoms with Crippen LogP contribution in [0.3, 0.4) is 0 Å². The molecule has 0 radical (unpaired) electrons. The lowest BCUT2D eigenvalue weighted by molar-refractivity contribution is -0.385. The Morgan fingerprint density at radius 3 is 2.30 bits per heavy atom. The SMILES string of the molecule is Cc1ccc(N=Cc2ccc(Oc3ccc(C(F)(F)F)cc3[N+](=O)[O-])c(Cl)c2)cc1. The Morgan fingerprint density at radius 2 is 1.70 bits per heavy atom. The van der Waals surface area contributed by atoms with Crippen molar-refractivity contribution in [2.45, 2.75) is 13.1 Å². The average molecular weight is 435 g/mol. The van der Waals surface area contributed by atoms with Gasteiger partial charge in [0.15, 0.2) is 0 Å². The molecular formula is C21H14ClF3N2O3. The summed E-state index contributed by atoms with van der Waals surface area (Å²) in [4.78, 5) is 14.6. The molecule has 0 amide bonds. The maximum atomic E-state index is 12.8. The maximum Gasteiger partial charge on any atom is 0.416 e. The first-order chi connectivity index (χ1) is 14.1. The Balaban J connectivity index is 1.84. The second-order valence-corrected chi connectivity index (χ2v) is 6.73. The number of aliphatic imine (C=N–C) groups is 1. The van der Waals surface area contributed by atoms with Crippen LogP contribution in [0.15, 0.2) is 65.7 Å². The first-order valence-corrected chi connectivity index (χ1v) is 8.95. The molecular weight excluding hydrogens is 421 g/mol. The lowest BCUT2D eigenvalue weighted by atomic mass is 10.2. The van der Waals surface area contributed by atoms with Crippen LogP contribution in [0.1, 0.15) is 16.7 Å². The van der Waals surface area contributed by atoms with E-state index in [0.717, 1.165) is 17.3 Å². The van der Waals surface area contributed by atoms with E-state index in [0.29, 0.717) is 17.7 Å². The second-order valence-electron chi connectivity index (χ2n) is 6.32. The number of hydrogen-bond acceptors (Lipinski definition) is 4. The van der Waals surface area contributed by atoms with Gasteiger partial charge in [0.25, 0.3) is 0 Å². The molecule has 5 nitrogen and oxygen atoms in total. The second kappa shape index (κ2) is 8.54. The van der Waals surface area contributed by atoms with Crippen molar-refractivity contribution < 1.29 is 22.8 Å². The number of rotatable bonds is 5. The fourth-order valence-corrected chi connectivity index (χ4v) is 2.73. The van der Waals surface area contributed by atoms with Crippen molar-refractivity contribution in [3.05, 3.63) is 92.5 Å². The minimum Gasteiger partial charge on any atom is -0.449 e. The molecule has 0 N–H and O–H groups in total.